The van der Waals surface area contributed by atoms with Crippen molar-refractivity contribution < 1.29 is 4.79 Å². The zero-order valence-corrected chi connectivity index (χ0v) is 11.6. The second kappa shape index (κ2) is 4.70. The number of amides is 1. The van der Waals surface area contributed by atoms with Gasteiger partial charge >= 0.3 is 0 Å². The Hall–Kier alpha value is -2.14. The lowest BCUT2D eigenvalue weighted by atomic mass is 9.66. The molecule has 4 rings (SSSR count). The van der Waals surface area contributed by atoms with Crippen LogP contribution in [0.4, 0.5) is 5.69 Å². The molecule has 5 nitrogen and oxygen atoms in total. The number of pyridine rings is 1. The molecule has 3 N–H and O–H groups in total. The second-order valence-corrected chi connectivity index (χ2v) is 6.02. The molecule has 1 saturated carbocycles. The molecule has 2 aliphatic rings. The van der Waals surface area contributed by atoms with E-state index in [1.807, 2.05) is 12.1 Å². The van der Waals surface area contributed by atoms with Gasteiger partial charge in [-0.05, 0) is 61.0 Å². The van der Waals surface area contributed by atoms with Crippen molar-refractivity contribution in [2.75, 3.05) is 18.4 Å². The van der Waals surface area contributed by atoms with E-state index in [1.165, 1.54) is 0 Å². The first-order valence-corrected chi connectivity index (χ1v) is 7.35. The molecule has 1 saturated heterocycles. The quantitative estimate of drug-likeness (QED) is 0.778. The smallest absolute Gasteiger partial charge is 0.255 e. The summed E-state index contributed by atoms with van der Waals surface area (Å²) >= 11 is 0. The van der Waals surface area contributed by atoms with Crippen molar-refractivity contribution >= 4 is 22.4 Å². The van der Waals surface area contributed by atoms with E-state index in [1.54, 1.807) is 18.3 Å². The number of carbonyl (C=O) groups excluding carboxylic acids is 1. The number of nitrogens with one attached hydrogen (secondary N) is 3. The van der Waals surface area contributed by atoms with Crippen molar-refractivity contribution in [2.45, 2.75) is 6.42 Å². The predicted octanol–water partition coefficient (Wildman–Crippen LogP) is 1.32. The van der Waals surface area contributed by atoms with Crippen LogP contribution in [0.3, 0.4) is 0 Å². The summed E-state index contributed by atoms with van der Waals surface area (Å²) in [6, 6.07) is 7.24. The van der Waals surface area contributed by atoms with E-state index < -0.39 is 0 Å². The first-order valence-electron chi connectivity index (χ1n) is 7.35. The summed E-state index contributed by atoms with van der Waals surface area (Å²) in [4.78, 5) is 26.6. The average molecular weight is 283 g/mol. The number of fused-ring (bicyclic) bond motifs is 2. The number of hydrogen-bond acceptors (Lipinski definition) is 3. The SMILES string of the molecule is O=C(Nc1ccc2c(=O)[nH]ccc2c1)[C@@H]1C[C@H]2CNC[C@H]21. The topological polar surface area (TPSA) is 74.0 Å². The molecule has 1 aromatic carbocycles. The van der Waals surface area contributed by atoms with Gasteiger partial charge < -0.3 is 15.6 Å². The minimum Gasteiger partial charge on any atom is -0.329 e. The lowest BCUT2D eigenvalue weighted by Gasteiger charge is -2.38. The van der Waals surface area contributed by atoms with Crippen LogP contribution in [-0.2, 0) is 4.79 Å². The van der Waals surface area contributed by atoms with Gasteiger partial charge in [-0.15, -0.1) is 0 Å². The van der Waals surface area contributed by atoms with Crippen LogP contribution in [0, 0.1) is 17.8 Å². The predicted molar refractivity (Wildman–Crippen MR) is 81.2 cm³/mol. The van der Waals surface area contributed by atoms with Crippen LogP contribution in [0.25, 0.3) is 10.8 Å². The fourth-order valence-corrected chi connectivity index (χ4v) is 3.59. The molecule has 0 spiro atoms. The average Bonchev–Trinajstić information content (AvgIpc) is 2.80. The van der Waals surface area contributed by atoms with E-state index in [-0.39, 0.29) is 17.4 Å². The van der Waals surface area contributed by atoms with E-state index in [2.05, 4.69) is 15.6 Å². The molecule has 108 valence electrons. The van der Waals surface area contributed by atoms with Crippen LogP contribution in [0.15, 0.2) is 35.3 Å². The van der Waals surface area contributed by atoms with Crippen molar-refractivity contribution in [2.24, 2.45) is 17.8 Å². The highest BCUT2D eigenvalue weighted by molar-refractivity contribution is 5.96. The molecule has 0 radical (unpaired) electrons. The summed E-state index contributed by atoms with van der Waals surface area (Å²) in [5.74, 6) is 1.40. The summed E-state index contributed by atoms with van der Waals surface area (Å²) in [5, 5.41) is 7.81. The molecule has 1 aliphatic heterocycles. The summed E-state index contributed by atoms with van der Waals surface area (Å²) in [6.07, 6.45) is 2.60. The van der Waals surface area contributed by atoms with E-state index in [4.69, 9.17) is 0 Å². The Balaban J connectivity index is 1.54. The van der Waals surface area contributed by atoms with E-state index in [9.17, 15) is 9.59 Å². The van der Waals surface area contributed by atoms with Crippen molar-refractivity contribution in [3.05, 3.63) is 40.8 Å². The Bertz CT molecular complexity index is 767. The minimum absolute atomic E-state index is 0.101. The maximum Gasteiger partial charge on any atom is 0.255 e. The van der Waals surface area contributed by atoms with Crippen molar-refractivity contribution in [3.63, 3.8) is 0 Å². The van der Waals surface area contributed by atoms with Crippen LogP contribution < -0.4 is 16.2 Å². The summed E-state index contributed by atoms with van der Waals surface area (Å²) in [7, 11) is 0. The number of aromatic amines is 1. The molecule has 1 aromatic heterocycles. The molecule has 21 heavy (non-hydrogen) atoms. The summed E-state index contributed by atoms with van der Waals surface area (Å²) in [6.45, 7) is 2.00. The van der Waals surface area contributed by atoms with Gasteiger partial charge in [-0.1, -0.05) is 0 Å². The van der Waals surface area contributed by atoms with Gasteiger partial charge in [-0.3, -0.25) is 9.59 Å². The van der Waals surface area contributed by atoms with Gasteiger partial charge in [-0.25, -0.2) is 0 Å². The Kier molecular flexibility index (Phi) is 2.82. The Labute approximate surface area is 121 Å². The van der Waals surface area contributed by atoms with Gasteiger partial charge in [-0.2, -0.15) is 0 Å². The van der Waals surface area contributed by atoms with Crippen LogP contribution in [0.1, 0.15) is 6.42 Å². The monoisotopic (exact) mass is 283 g/mol. The lowest BCUT2D eigenvalue weighted by molar-refractivity contribution is -0.126. The zero-order chi connectivity index (χ0) is 14.4. The number of hydrogen-bond donors (Lipinski definition) is 3. The number of H-pyrrole nitrogens is 1. The van der Waals surface area contributed by atoms with Gasteiger partial charge in [0.25, 0.3) is 5.56 Å². The van der Waals surface area contributed by atoms with Gasteiger partial charge in [0, 0.05) is 23.2 Å². The highest BCUT2D eigenvalue weighted by atomic mass is 16.2. The zero-order valence-electron chi connectivity index (χ0n) is 11.6. The minimum atomic E-state index is -0.107. The fourth-order valence-electron chi connectivity index (χ4n) is 3.59. The number of aromatic nitrogens is 1. The first-order chi connectivity index (χ1) is 10.2. The Morgan fingerprint density at radius 2 is 2.14 bits per heavy atom. The third-order valence-electron chi connectivity index (χ3n) is 4.84. The van der Waals surface area contributed by atoms with Gasteiger partial charge in [0.15, 0.2) is 0 Å². The molecular formula is C16H17N3O2. The van der Waals surface area contributed by atoms with Crippen LogP contribution in [0.2, 0.25) is 0 Å². The molecule has 1 amide bonds. The molecule has 0 unspecified atom stereocenters. The van der Waals surface area contributed by atoms with E-state index in [0.717, 1.165) is 30.6 Å². The number of benzene rings is 1. The van der Waals surface area contributed by atoms with Crippen molar-refractivity contribution in [1.82, 2.24) is 10.3 Å². The maximum atomic E-state index is 12.3. The van der Waals surface area contributed by atoms with Gasteiger partial charge in [0.2, 0.25) is 5.91 Å². The Morgan fingerprint density at radius 3 is 3.00 bits per heavy atom. The van der Waals surface area contributed by atoms with Gasteiger partial charge in [0.1, 0.15) is 0 Å². The molecular weight excluding hydrogens is 266 g/mol. The van der Waals surface area contributed by atoms with E-state index >= 15 is 0 Å². The highest BCUT2D eigenvalue weighted by Crippen LogP contribution is 2.43. The first kappa shape index (κ1) is 12.6. The fraction of sp³-hybridized carbons (Fsp3) is 0.375. The molecule has 2 fully saturated rings. The summed E-state index contributed by atoms with van der Waals surface area (Å²) < 4.78 is 0. The molecule has 3 atom stereocenters. The third kappa shape index (κ3) is 2.05. The number of carbonyl (C=O) groups is 1. The highest BCUT2D eigenvalue weighted by Gasteiger charge is 2.47. The molecule has 2 aromatic rings. The molecule has 2 heterocycles. The van der Waals surface area contributed by atoms with Crippen LogP contribution in [-0.4, -0.2) is 24.0 Å². The van der Waals surface area contributed by atoms with Crippen molar-refractivity contribution in [3.8, 4) is 0 Å². The molecule has 5 heteroatoms. The second-order valence-electron chi connectivity index (χ2n) is 6.02. The summed E-state index contributed by atoms with van der Waals surface area (Å²) in [5.41, 5.74) is 0.650. The van der Waals surface area contributed by atoms with Gasteiger partial charge in [0.05, 0.1) is 0 Å². The third-order valence-corrected chi connectivity index (χ3v) is 4.84. The Morgan fingerprint density at radius 1 is 1.24 bits per heavy atom. The van der Waals surface area contributed by atoms with Crippen molar-refractivity contribution in [1.29, 1.82) is 0 Å². The van der Waals surface area contributed by atoms with E-state index in [0.29, 0.717) is 17.2 Å². The van der Waals surface area contributed by atoms with Crippen LogP contribution >= 0.6 is 0 Å². The molecule has 1 aliphatic carbocycles. The number of anilines is 1. The number of rotatable bonds is 2. The van der Waals surface area contributed by atoms with Crippen LogP contribution in [0.5, 0.6) is 0 Å². The largest absolute Gasteiger partial charge is 0.329 e. The molecule has 0 bridgehead atoms. The standard InChI is InChI=1S/C16H17N3O2/c20-15-12-2-1-11(5-9(12)3-4-18-15)19-16(21)13-6-10-7-17-8-14(10)13/h1-5,10,13-14,17H,6-8H2,(H,18,20)(H,19,21)/t10-,13+,14+/m0/s1. The lowest BCUT2D eigenvalue weighted by Crippen LogP contribution is -2.43. The maximum absolute atomic E-state index is 12.3. The normalized spacial score (nSPS) is 27.1.